The highest BCUT2D eigenvalue weighted by Crippen LogP contribution is 2.28. The zero-order chi connectivity index (χ0) is 13.0. The minimum Gasteiger partial charge on any atom is -0.408 e. The van der Waals surface area contributed by atoms with Gasteiger partial charge in [0.15, 0.2) is 5.76 Å². The van der Waals surface area contributed by atoms with E-state index in [0.29, 0.717) is 21.9 Å². The molecule has 1 aliphatic carbocycles. The molecule has 0 bridgehead atoms. The number of rotatable bonds is 2. The number of primary amides is 1. The Labute approximate surface area is 105 Å². The van der Waals surface area contributed by atoms with Gasteiger partial charge in [0, 0.05) is 16.8 Å². The van der Waals surface area contributed by atoms with Crippen molar-refractivity contribution in [3.8, 4) is 0 Å². The van der Waals surface area contributed by atoms with Crippen LogP contribution in [0.25, 0.3) is 0 Å². The van der Waals surface area contributed by atoms with Gasteiger partial charge in [0.2, 0.25) is 0 Å². The summed E-state index contributed by atoms with van der Waals surface area (Å²) in [6.07, 6.45) is 4.06. The summed E-state index contributed by atoms with van der Waals surface area (Å²) in [5.74, 6) is 0.282. The second-order valence-electron chi connectivity index (χ2n) is 3.36. The van der Waals surface area contributed by atoms with E-state index in [1.54, 1.807) is 25.3 Å². The number of ether oxygens (including phenoxy) is 1. The van der Waals surface area contributed by atoms with Gasteiger partial charge in [-0.05, 0) is 25.5 Å². The average molecular weight is 253 g/mol. The lowest BCUT2D eigenvalue weighted by Crippen LogP contribution is -2.21. The largest absolute Gasteiger partial charge is 0.410 e. The number of allylic oxidation sites excluding steroid dienone is 5. The van der Waals surface area contributed by atoms with Gasteiger partial charge in [-0.2, -0.15) is 0 Å². The van der Waals surface area contributed by atoms with Crippen LogP contribution < -0.4 is 5.73 Å². The van der Waals surface area contributed by atoms with E-state index in [-0.39, 0.29) is 5.76 Å². The van der Waals surface area contributed by atoms with Gasteiger partial charge < -0.3 is 10.5 Å². The maximum absolute atomic E-state index is 10.8. The van der Waals surface area contributed by atoms with Gasteiger partial charge in [-0.15, -0.1) is 0 Å². The highest BCUT2D eigenvalue weighted by Gasteiger charge is 2.23. The van der Waals surface area contributed by atoms with E-state index in [4.69, 9.17) is 22.1 Å². The van der Waals surface area contributed by atoms with Gasteiger partial charge in [0.25, 0.3) is 0 Å². The minimum atomic E-state index is -0.897. The minimum absolute atomic E-state index is 0.282. The molecule has 0 aliphatic heterocycles. The second kappa shape index (κ2) is 5.50. The molecule has 5 heteroatoms. The molecule has 0 unspecified atom stereocenters. The molecular formula is C12H13ClN2O2. The van der Waals surface area contributed by atoms with E-state index in [9.17, 15) is 4.79 Å². The summed E-state index contributed by atoms with van der Waals surface area (Å²) in [5.41, 5.74) is 6.58. The van der Waals surface area contributed by atoms with Crippen molar-refractivity contribution >= 4 is 23.4 Å². The fraction of sp³-hybridized carbons (Fsp3) is 0.167. The van der Waals surface area contributed by atoms with Crippen LogP contribution in [-0.2, 0) is 4.74 Å². The van der Waals surface area contributed by atoms with E-state index in [1.165, 1.54) is 0 Å². The lowest BCUT2D eigenvalue weighted by molar-refractivity contribution is 0.191. The highest BCUT2D eigenvalue weighted by atomic mass is 35.5. The van der Waals surface area contributed by atoms with Crippen molar-refractivity contribution < 1.29 is 9.53 Å². The number of hydrogen-bond donors (Lipinski definition) is 1. The second-order valence-corrected chi connectivity index (χ2v) is 3.77. The number of nitrogens with two attached hydrogens (primary N) is 1. The first-order valence-electron chi connectivity index (χ1n) is 4.91. The zero-order valence-electron chi connectivity index (χ0n) is 9.66. The molecular weight excluding hydrogens is 240 g/mol. The zero-order valence-corrected chi connectivity index (χ0v) is 10.4. The number of nitrogens with zero attached hydrogens (tertiary/aromatic N) is 1. The molecule has 0 aromatic rings. The lowest BCUT2D eigenvalue weighted by Gasteiger charge is -2.18. The Morgan fingerprint density at radius 2 is 2.29 bits per heavy atom. The van der Waals surface area contributed by atoms with E-state index in [1.807, 2.05) is 6.92 Å². The molecule has 0 aromatic carbocycles. The molecule has 90 valence electrons. The van der Waals surface area contributed by atoms with Crippen LogP contribution in [-0.4, -0.2) is 11.8 Å². The Morgan fingerprint density at radius 3 is 2.82 bits per heavy atom. The van der Waals surface area contributed by atoms with E-state index < -0.39 is 6.09 Å². The third-order valence-electron chi connectivity index (χ3n) is 2.05. The maximum Gasteiger partial charge on any atom is 0.410 e. The summed E-state index contributed by atoms with van der Waals surface area (Å²) in [6.45, 7) is 7.36. The summed E-state index contributed by atoms with van der Waals surface area (Å²) in [5, 5.41) is 0.461. The standard InChI is InChI=1S/C12H13ClN2O2/c1-4-5-15-10-8(3)9(13)6-7(2)11(10)17-12(14)16/h4-6H,3H2,1-2H3,(H2,14,16)/b5-4-,15-10?. The SMILES string of the molecule is C=C1C(Cl)=CC(C)=C(OC(N)=O)C1=N/C=C\C. The van der Waals surface area contributed by atoms with Crippen LogP contribution in [0.1, 0.15) is 13.8 Å². The Bertz CT molecular complexity index is 485. The van der Waals surface area contributed by atoms with Gasteiger partial charge in [0.05, 0.1) is 0 Å². The fourth-order valence-corrected chi connectivity index (χ4v) is 1.55. The van der Waals surface area contributed by atoms with Crippen LogP contribution in [0, 0.1) is 0 Å². The molecule has 17 heavy (non-hydrogen) atoms. The number of halogens is 1. The van der Waals surface area contributed by atoms with Crippen molar-refractivity contribution in [3.63, 3.8) is 0 Å². The predicted molar refractivity (Wildman–Crippen MR) is 68.7 cm³/mol. The van der Waals surface area contributed by atoms with Crippen molar-refractivity contribution in [3.05, 3.63) is 46.9 Å². The molecule has 0 saturated carbocycles. The van der Waals surface area contributed by atoms with Crippen LogP contribution in [0.3, 0.4) is 0 Å². The summed E-state index contributed by atoms with van der Waals surface area (Å²) >= 11 is 5.99. The Kier molecular flexibility index (Phi) is 4.29. The van der Waals surface area contributed by atoms with Crippen molar-refractivity contribution in [2.45, 2.75) is 13.8 Å². The van der Waals surface area contributed by atoms with Crippen LogP contribution in [0.15, 0.2) is 51.9 Å². The molecule has 4 nitrogen and oxygen atoms in total. The van der Waals surface area contributed by atoms with Crippen LogP contribution in [0.5, 0.6) is 0 Å². The molecule has 1 aliphatic rings. The number of hydrogen-bond acceptors (Lipinski definition) is 3. The first-order valence-corrected chi connectivity index (χ1v) is 5.29. The smallest absolute Gasteiger partial charge is 0.408 e. The van der Waals surface area contributed by atoms with Gasteiger partial charge in [-0.3, -0.25) is 4.99 Å². The molecule has 0 spiro atoms. The number of amides is 1. The predicted octanol–water partition coefficient (Wildman–Crippen LogP) is 3.02. The first kappa shape index (κ1) is 13.3. The summed E-state index contributed by atoms with van der Waals surface area (Å²) in [6, 6.07) is 0. The highest BCUT2D eigenvalue weighted by molar-refractivity contribution is 6.38. The summed E-state index contributed by atoms with van der Waals surface area (Å²) < 4.78 is 4.92. The average Bonchev–Trinajstić information content (AvgIpc) is 2.25. The first-order chi connectivity index (χ1) is 7.97. The van der Waals surface area contributed by atoms with Gasteiger partial charge in [-0.1, -0.05) is 24.3 Å². The van der Waals surface area contributed by atoms with Gasteiger partial charge >= 0.3 is 6.09 Å². The monoisotopic (exact) mass is 252 g/mol. The van der Waals surface area contributed by atoms with Crippen LogP contribution in [0.4, 0.5) is 4.79 Å². The van der Waals surface area contributed by atoms with Crippen LogP contribution in [0.2, 0.25) is 0 Å². The van der Waals surface area contributed by atoms with Crippen LogP contribution >= 0.6 is 11.6 Å². The number of carbonyl (C=O) groups is 1. The molecule has 0 fully saturated rings. The Balaban J connectivity index is 3.28. The molecule has 0 radical (unpaired) electrons. The quantitative estimate of drug-likeness (QED) is 0.821. The molecule has 0 saturated heterocycles. The van der Waals surface area contributed by atoms with Crippen molar-refractivity contribution in [2.75, 3.05) is 0 Å². The number of carbonyl (C=O) groups excluding carboxylic acids is 1. The van der Waals surface area contributed by atoms with E-state index in [0.717, 1.165) is 0 Å². The van der Waals surface area contributed by atoms with Gasteiger partial charge in [-0.25, -0.2) is 4.79 Å². The third kappa shape index (κ3) is 3.07. The molecule has 0 heterocycles. The fourth-order valence-electron chi connectivity index (χ4n) is 1.29. The Morgan fingerprint density at radius 1 is 1.65 bits per heavy atom. The lowest BCUT2D eigenvalue weighted by atomic mass is 10.00. The van der Waals surface area contributed by atoms with E-state index >= 15 is 0 Å². The van der Waals surface area contributed by atoms with Crippen molar-refractivity contribution in [1.29, 1.82) is 0 Å². The molecule has 0 atom stereocenters. The van der Waals surface area contributed by atoms with Crippen molar-refractivity contribution in [2.24, 2.45) is 10.7 Å². The molecule has 0 aromatic heterocycles. The maximum atomic E-state index is 10.8. The third-order valence-corrected chi connectivity index (χ3v) is 2.38. The van der Waals surface area contributed by atoms with Crippen molar-refractivity contribution in [1.82, 2.24) is 0 Å². The Hall–Kier alpha value is -1.81. The molecule has 1 amide bonds. The summed E-state index contributed by atoms with van der Waals surface area (Å²) in [7, 11) is 0. The normalized spacial score (nSPS) is 18.9. The van der Waals surface area contributed by atoms with E-state index in [2.05, 4.69) is 11.6 Å². The van der Waals surface area contributed by atoms with Gasteiger partial charge in [0.1, 0.15) is 5.71 Å². The topological polar surface area (TPSA) is 64.7 Å². The summed E-state index contributed by atoms with van der Waals surface area (Å²) in [4.78, 5) is 15.0. The number of aliphatic imine (C=N–C) groups is 1. The molecule has 2 N–H and O–H groups in total. The molecule has 1 rings (SSSR count).